The minimum atomic E-state index is -0.172. The Labute approximate surface area is 113 Å². The van der Waals surface area contributed by atoms with Crippen LogP contribution in [0.15, 0.2) is 30.3 Å². The predicted molar refractivity (Wildman–Crippen MR) is 71.2 cm³/mol. The van der Waals surface area contributed by atoms with Crippen LogP contribution in [0.4, 0.5) is 0 Å². The van der Waals surface area contributed by atoms with E-state index in [1.54, 1.807) is 0 Å². The smallest absolute Gasteiger partial charge is 0.232 e. The van der Waals surface area contributed by atoms with Gasteiger partial charge in [-0.05, 0) is 18.3 Å². The first kappa shape index (κ1) is 11.5. The van der Waals surface area contributed by atoms with Gasteiger partial charge in [0, 0.05) is 5.56 Å². The van der Waals surface area contributed by atoms with Crippen molar-refractivity contribution in [2.45, 2.75) is 39.0 Å². The Hall–Kier alpha value is -1.35. The molecule has 0 bridgehead atoms. The Morgan fingerprint density at radius 3 is 2.58 bits per heavy atom. The molecule has 1 aliphatic carbocycles. The van der Waals surface area contributed by atoms with Crippen LogP contribution in [0.1, 0.15) is 38.5 Å². The number of carbonyl (C=O) groups is 1. The first-order valence-corrected chi connectivity index (χ1v) is 7.05. The number of hydrogen-bond acceptors (Lipinski definition) is 2. The van der Waals surface area contributed by atoms with Gasteiger partial charge in [0.2, 0.25) is 5.91 Å². The van der Waals surface area contributed by atoms with Gasteiger partial charge in [0.25, 0.3) is 0 Å². The van der Waals surface area contributed by atoms with E-state index < -0.39 is 0 Å². The summed E-state index contributed by atoms with van der Waals surface area (Å²) in [5.41, 5.74) is 1.18. The summed E-state index contributed by atoms with van der Waals surface area (Å²) in [5, 5.41) is 0. The highest BCUT2D eigenvalue weighted by atomic mass is 16.5. The van der Waals surface area contributed by atoms with E-state index in [-0.39, 0.29) is 23.1 Å². The summed E-state index contributed by atoms with van der Waals surface area (Å²) >= 11 is 0. The average molecular weight is 257 g/mol. The van der Waals surface area contributed by atoms with Crippen molar-refractivity contribution in [2.24, 2.45) is 10.8 Å². The lowest BCUT2D eigenvalue weighted by Crippen LogP contribution is -2.33. The third-order valence-corrected chi connectivity index (χ3v) is 5.32. The molecule has 3 aliphatic rings. The molecule has 3 atom stereocenters. The van der Waals surface area contributed by atoms with E-state index >= 15 is 0 Å². The topological polar surface area (TPSA) is 29.5 Å². The Kier molecular flexibility index (Phi) is 2.05. The maximum Gasteiger partial charge on any atom is 0.232 e. The normalized spacial score (nSPS) is 38.8. The lowest BCUT2D eigenvalue weighted by Gasteiger charge is -2.23. The second-order valence-electron chi connectivity index (χ2n) is 6.81. The fourth-order valence-corrected chi connectivity index (χ4v) is 4.02. The Morgan fingerprint density at radius 1 is 1.26 bits per heavy atom. The average Bonchev–Trinajstić information content (AvgIpc) is 2.72. The van der Waals surface area contributed by atoms with Gasteiger partial charge in [-0.15, -0.1) is 0 Å². The zero-order valence-corrected chi connectivity index (χ0v) is 11.4. The number of amides is 1. The molecule has 100 valence electrons. The SMILES string of the molecule is CC1(C)CC12CC1CO[C@H](c3ccccc3)N1C2=O. The zero-order valence-electron chi connectivity index (χ0n) is 11.4. The highest BCUT2D eigenvalue weighted by Crippen LogP contribution is 2.70. The predicted octanol–water partition coefficient (Wildman–Crippen LogP) is 2.73. The Bertz CT molecular complexity index is 539. The molecule has 1 aromatic rings. The molecular formula is C16H19NO2. The molecule has 0 radical (unpaired) electrons. The molecule has 0 N–H and O–H groups in total. The minimum Gasteiger partial charge on any atom is -0.352 e. The van der Waals surface area contributed by atoms with E-state index in [1.807, 2.05) is 35.2 Å². The standard InChI is InChI=1S/C16H19NO2/c1-15(2)10-16(15)8-12-9-19-13(17(12)14(16)18)11-6-4-3-5-7-11/h3-7,12-13H,8-10H2,1-2H3/t12?,13-,16?/m1/s1. The third-order valence-electron chi connectivity index (χ3n) is 5.32. The monoisotopic (exact) mass is 257 g/mol. The van der Waals surface area contributed by atoms with Gasteiger partial charge < -0.3 is 9.64 Å². The van der Waals surface area contributed by atoms with Crippen LogP contribution in [-0.2, 0) is 9.53 Å². The van der Waals surface area contributed by atoms with Crippen LogP contribution in [0.5, 0.6) is 0 Å². The molecule has 1 spiro atoms. The van der Waals surface area contributed by atoms with Crippen LogP contribution in [0.3, 0.4) is 0 Å². The number of nitrogens with zero attached hydrogens (tertiary/aromatic N) is 1. The molecule has 3 heteroatoms. The molecule has 3 fully saturated rings. The fourth-order valence-electron chi connectivity index (χ4n) is 4.02. The highest BCUT2D eigenvalue weighted by molar-refractivity contribution is 5.90. The molecule has 4 rings (SSSR count). The van der Waals surface area contributed by atoms with Crippen LogP contribution in [0.2, 0.25) is 0 Å². The van der Waals surface area contributed by atoms with E-state index in [4.69, 9.17) is 4.74 Å². The van der Waals surface area contributed by atoms with Gasteiger partial charge in [-0.2, -0.15) is 0 Å². The summed E-state index contributed by atoms with van der Waals surface area (Å²) in [7, 11) is 0. The number of ether oxygens (including phenoxy) is 1. The summed E-state index contributed by atoms with van der Waals surface area (Å²) in [5.74, 6) is 0.314. The maximum absolute atomic E-state index is 12.8. The lowest BCUT2D eigenvalue weighted by atomic mass is 9.92. The number of benzene rings is 1. The molecule has 19 heavy (non-hydrogen) atoms. The number of hydrogen-bond donors (Lipinski definition) is 0. The highest BCUT2D eigenvalue weighted by Gasteiger charge is 2.72. The molecule has 2 heterocycles. The van der Waals surface area contributed by atoms with Gasteiger partial charge in [-0.3, -0.25) is 4.79 Å². The van der Waals surface area contributed by atoms with Gasteiger partial charge in [0.1, 0.15) is 0 Å². The molecule has 1 aromatic carbocycles. The lowest BCUT2D eigenvalue weighted by molar-refractivity contribution is -0.139. The molecule has 3 nitrogen and oxygen atoms in total. The summed E-state index contributed by atoms with van der Waals surface area (Å²) < 4.78 is 5.87. The molecule has 2 aliphatic heterocycles. The quantitative estimate of drug-likeness (QED) is 0.774. The van der Waals surface area contributed by atoms with E-state index in [2.05, 4.69) is 13.8 Å². The van der Waals surface area contributed by atoms with Gasteiger partial charge in [-0.25, -0.2) is 0 Å². The van der Waals surface area contributed by atoms with E-state index in [9.17, 15) is 4.79 Å². The van der Waals surface area contributed by atoms with Crippen molar-refractivity contribution in [2.75, 3.05) is 6.61 Å². The van der Waals surface area contributed by atoms with Crippen molar-refractivity contribution in [3.63, 3.8) is 0 Å². The first-order valence-electron chi connectivity index (χ1n) is 7.05. The van der Waals surface area contributed by atoms with Crippen molar-refractivity contribution in [1.82, 2.24) is 4.90 Å². The molecule has 1 amide bonds. The zero-order chi connectivity index (χ0) is 13.3. The van der Waals surface area contributed by atoms with Crippen LogP contribution in [0.25, 0.3) is 0 Å². The summed E-state index contributed by atoms with van der Waals surface area (Å²) in [6.45, 7) is 5.11. The number of fused-ring (bicyclic) bond motifs is 1. The van der Waals surface area contributed by atoms with Crippen LogP contribution in [-0.4, -0.2) is 23.5 Å². The second kappa shape index (κ2) is 3.40. The van der Waals surface area contributed by atoms with Crippen molar-refractivity contribution >= 4 is 5.91 Å². The Balaban J connectivity index is 1.68. The molecule has 2 saturated heterocycles. The van der Waals surface area contributed by atoms with Gasteiger partial charge in [0.05, 0.1) is 18.1 Å². The van der Waals surface area contributed by atoms with Gasteiger partial charge in [0.15, 0.2) is 6.23 Å². The van der Waals surface area contributed by atoms with Gasteiger partial charge in [-0.1, -0.05) is 44.2 Å². The summed E-state index contributed by atoms with van der Waals surface area (Å²) in [6, 6.07) is 10.4. The van der Waals surface area contributed by atoms with E-state index in [1.165, 1.54) is 0 Å². The molecule has 0 aromatic heterocycles. The third kappa shape index (κ3) is 1.34. The molecule has 1 saturated carbocycles. The number of carbonyl (C=O) groups excluding carboxylic acids is 1. The van der Waals surface area contributed by atoms with Gasteiger partial charge >= 0.3 is 0 Å². The van der Waals surface area contributed by atoms with Crippen LogP contribution in [0, 0.1) is 10.8 Å². The van der Waals surface area contributed by atoms with Crippen molar-refractivity contribution < 1.29 is 9.53 Å². The van der Waals surface area contributed by atoms with Crippen molar-refractivity contribution in [3.05, 3.63) is 35.9 Å². The molecule has 2 unspecified atom stereocenters. The number of rotatable bonds is 1. The summed E-state index contributed by atoms with van der Waals surface area (Å²) in [4.78, 5) is 14.8. The van der Waals surface area contributed by atoms with E-state index in [0.717, 1.165) is 18.4 Å². The largest absolute Gasteiger partial charge is 0.352 e. The Morgan fingerprint density at radius 2 is 1.95 bits per heavy atom. The van der Waals surface area contributed by atoms with Crippen LogP contribution >= 0.6 is 0 Å². The maximum atomic E-state index is 12.8. The second-order valence-corrected chi connectivity index (χ2v) is 6.81. The van der Waals surface area contributed by atoms with Crippen molar-refractivity contribution in [3.8, 4) is 0 Å². The van der Waals surface area contributed by atoms with E-state index in [0.29, 0.717) is 12.5 Å². The van der Waals surface area contributed by atoms with Crippen molar-refractivity contribution in [1.29, 1.82) is 0 Å². The van der Waals surface area contributed by atoms with Crippen LogP contribution < -0.4 is 0 Å². The first-order chi connectivity index (χ1) is 9.05. The summed E-state index contributed by atoms with van der Waals surface area (Å²) in [6.07, 6.45) is 1.84. The minimum absolute atomic E-state index is 0.0888. The fraction of sp³-hybridized carbons (Fsp3) is 0.562. The molecular weight excluding hydrogens is 238 g/mol.